The third-order valence-electron chi connectivity index (χ3n) is 3.27. The van der Waals surface area contributed by atoms with Gasteiger partial charge in [0.15, 0.2) is 0 Å². The lowest BCUT2D eigenvalue weighted by molar-refractivity contribution is 0.0704. The number of phenolic OH excluding ortho intramolecular Hbond substituents is 1. The van der Waals surface area contributed by atoms with Crippen molar-refractivity contribution in [2.45, 2.75) is 19.4 Å². The number of phenols is 1. The van der Waals surface area contributed by atoms with Crippen LogP contribution >= 0.6 is 11.6 Å². The highest BCUT2D eigenvalue weighted by Crippen LogP contribution is 2.25. The van der Waals surface area contributed by atoms with Crippen molar-refractivity contribution in [2.24, 2.45) is 0 Å². The van der Waals surface area contributed by atoms with Crippen LogP contribution in [0.25, 0.3) is 0 Å². The van der Waals surface area contributed by atoms with E-state index in [1.165, 1.54) is 12.1 Å². The highest BCUT2D eigenvalue weighted by molar-refractivity contribution is 6.32. The van der Waals surface area contributed by atoms with E-state index >= 15 is 0 Å². The number of nitrogens with zero attached hydrogens (tertiary/aromatic N) is 1. The predicted octanol–water partition coefficient (Wildman–Crippen LogP) is 1.87. The largest absolute Gasteiger partial charge is 0.506 e. The maximum absolute atomic E-state index is 12.4. The molecular formula is C13H17ClN2O2. The first-order chi connectivity index (χ1) is 8.63. The zero-order chi connectivity index (χ0) is 13.1. The molecule has 1 unspecified atom stereocenters. The molecule has 0 spiro atoms. The number of hydrogen-bond donors (Lipinski definition) is 2. The standard InChI is InChI=1S/C13H17ClN2O2/c1-2-16(10-5-6-15-8-10)13(18)9-3-4-12(17)11(14)7-9/h3-4,7,10,15,17H,2,5-6,8H2,1H3. The molecule has 0 radical (unpaired) electrons. The lowest BCUT2D eigenvalue weighted by Crippen LogP contribution is -2.41. The first-order valence-electron chi connectivity index (χ1n) is 6.13. The number of hydrogen-bond acceptors (Lipinski definition) is 3. The molecule has 0 aliphatic carbocycles. The molecule has 0 saturated carbocycles. The molecule has 1 aromatic rings. The average molecular weight is 269 g/mol. The van der Waals surface area contributed by atoms with Crippen molar-refractivity contribution in [3.8, 4) is 5.75 Å². The topological polar surface area (TPSA) is 52.6 Å². The van der Waals surface area contributed by atoms with E-state index in [4.69, 9.17) is 11.6 Å². The van der Waals surface area contributed by atoms with E-state index in [9.17, 15) is 9.90 Å². The summed E-state index contributed by atoms with van der Waals surface area (Å²) >= 11 is 5.83. The molecule has 1 atom stereocenters. The van der Waals surface area contributed by atoms with Gasteiger partial charge < -0.3 is 15.3 Å². The summed E-state index contributed by atoms with van der Waals surface area (Å²) < 4.78 is 0. The second kappa shape index (κ2) is 5.59. The molecule has 5 heteroatoms. The maximum atomic E-state index is 12.4. The highest BCUT2D eigenvalue weighted by atomic mass is 35.5. The Labute approximate surface area is 112 Å². The van der Waals surface area contributed by atoms with Gasteiger partial charge in [-0.1, -0.05) is 11.6 Å². The van der Waals surface area contributed by atoms with Crippen LogP contribution in [0.2, 0.25) is 5.02 Å². The van der Waals surface area contributed by atoms with E-state index in [0.717, 1.165) is 19.5 Å². The summed E-state index contributed by atoms with van der Waals surface area (Å²) in [5.74, 6) is -0.0353. The van der Waals surface area contributed by atoms with Crippen LogP contribution in [0.15, 0.2) is 18.2 Å². The van der Waals surface area contributed by atoms with E-state index < -0.39 is 0 Å². The van der Waals surface area contributed by atoms with Gasteiger partial charge in [0, 0.05) is 24.7 Å². The molecule has 1 aromatic carbocycles. The summed E-state index contributed by atoms with van der Waals surface area (Å²) in [4.78, 5) is 14.2. The number of amides is 1. The Hall–Kier alpha value is -1.26. The predicted molar refractivity (Wildman–Crippen MR) is 71.1 cm³/mol. The van der Waals surface area contributed by atoms with Crippen molar-refractivity contribution >= 4 is 17.5 Å². The molecule has 1 aliphatic heterocycles. The van der Waals surface area contributed by atoms with Crippen molar-refractivity contribution < 1.29 is 9.90 Å². The fourth-order valence-electron chi connectivity index (χ4n) is 2.28. The zero-order valence-corrected chi connectivity index (χ0v) is 11.1. The Balaban J connectivity index is 2.19. The van der Waals surface area contributed by atoms with Gasteiger partial charge in [0.1, 0.15) is 5.75 Å². The molecule has 1 amide bonds. The van der Waals surface area contributed by atoms with Gasteiger partial charge in [-0.2, -0.15) is 0 Å². The molecule has 98 valence electrons. The number of rotatable bonds is 3. The van der Waals surface area contributed by atoms with Crippen molar-refractivity contribution in [1.82, 2.24) is 10.2 Å². The van der Waals surface area contributed by atoms with Gasteiger partial charge in [0.05, 0.1) is 5.02 Å². The fraction of sp³-hybridized carbons (Fsp3) is 0.462. The van der Waals surface area contributed by atoms with Gasteiger partial charge in [0.2, 0.25) is 0 Å². The Bertz CT molecular complexity index is 445. The first-order valence-corrected chi connectivity index (χ1v) is 6.51. The van der Waals surface area contributed by atoms with E-state index in [-0.39, 0.29) is 22.7 Å². The van der Waals surface area contributed by atoms with Crippen LogP contribution < -0.4 is 5.32 Å². The molecule has 1 heterocycles. The number of nitrogens with one attached hydrogen (secondary N) is 1. The Kier molecular flexibility index (Phi) is 4.09. The van der Waals surface area contributed by atoms with Crippen LogP contribution in [0.3, 0.4) is 0 Å². The molecule has 2 N–H and O–H groups in total. The lowest BCUT2D eigenvalue weighted by atomic mass is 10.1. The SMILES string of the molecule is CCN(C(=O)c1ccc(O)c(Cl)c1)C1CCNC1. The van der Waals surface area contributed by atoms with Crippen molar-refractivity contribution in [3.63, 3.8) is 0 Å². The highest BCUT2D eigenvalue weighted by Gasteiger charge is 2.26. The van der Waals surface area contributed by atoms with E-state index in [0.29, 0.717) is 12.1 Å². The number of likely N-dealkylation sites (N-methyl/N-ethyl adjacent to an activating group) is 1. The van der Waals surface area contributed by atoms with Crippen LogP contribution in [0, 0.1) is 0 Å². The van der Waals surface area contributed by atoms with Crippen molar-refractivity contribution in [1.29, 1.82) is 0 Å². The average Bonchev–Trinajstić information content (AvgIpc) is 2.87. The molecule has 1 aliphatic rings. The van der Waals surface area contributed by atoms with Gasteiger partial charge >= 0.3 is 0 Å². The Morgan fingerprint density at radius 2 is 2.39 bits per heavy atom. The third-order valence-corrected chi connectivity index (χ3v) is 3.57. The molecular weight excluding hydrogens is 252 g/mol. The van der Waals surface area contributed by atoms with E-state index in [1.54, 1.807) is 6.07 Å². The molecule has 2 rings (SSSR count). The van der Waals surface area contributed by atoms with E-state index in [2.05, 4.69) is 5.32 Å². The normalized spacial score (nSPS) is 18.9. The molecule has 0 bridgehead atoms. The van der Waals surface area contributed by atoms with Gasteiger partial charge in [-0.15, -0.1) is 0 Å². The number of aromatic hydroxyl groups is 1. The van der Waals surface area contributed by atoms with Crippen LogP contribution in [-0.2, 0) is 0 Å². The molecule has 0 aromatic heterocycles. The van der Waals surface area contributed by atoms with Gasteiger partial charge in [-0.3, -0.25) is 4.79 Å². The quantitative estimate of drug-likeness (QED) is 0.880. The van der Waals surface area contributed by atoms with Crippen LogP contribution in [-0.4, -0.2) is 41.6 Å². The molecule has 1 saturated heterocycles. The van der Waals surface area contributed by atoms with Gasteiger partial charge in [-0.05, 0) is 38.1 Å². The summed E-state index contributed by atoms with van der Waals surface area (Å²) in [7, 11) is 0. The minimum atomic E-state index is -0.0342. The Morgan fingerprint density at radius 3 is 2.94 bits per heavy atom. The van der Waals surface area contributed by atoms with Crippen molar-refractivity contribution in [3.05, 3.63) is 28.8 Å². The second-order valence-electron chi connectivity index (χ2n) is 4.40. The number of benzene rings is 1. The fourth-order valence-corrected chi connectivity index (χ4v) is 2.46. The minimum Gasteiger partial charge on any atom is -0.506 e. The summed E-state index contributed by atoms with van der Waals surface area (Å²) in [6, 6.07) is 4.82. The zero-order valence-electron chi connectivity index (χ0n) is 10.3. The van der Waals surface area contributed by atoms with E-state index in [1.807, 2.05) is 11.8 Å². The maximum Gasteiger partial charge on any atom is 0.254 e. The molecule has 1 fully saturated rings. The monoisotopic (exact) mass is 268 g/mol. The van der Waals surface area contributed by atoms with Crippen molar-refractivity contribution in [2.75, 3.05) is 19.6 Å². The smallest absolute Gasteiger partial charge is 0.254 e. The van der Waals surface area contributed by atoms with Gasteiger partial charge in [0.25, 0.3) is 5.91 Å². The first kappa shape index (κ1) is 13.2. The second-order valence-corrected chi connectivity index (χ2v) is 4.81. The van der Waals surface area contributed by atoms with Gasteiger partial charge in [-0.25, -0.2) is 0 Å². The summed E-state index contributed by atoms with van der Waals surface area (Å²) in [6.07, 6.45) is 0.978. The molecule has 4 nitrogen and oxygen atoms in total. The van der Waals surface area contributed by atoms with Crippen LogP contribution in [0.5, 0.6) is 5.75 Å². The summed E-state index contributed by atoms with van der Waals surface area (Å²) in [5, 5.41) is 12.8. The summed E-state index contributed by atoms with van der Waals surface area (Å²) in [5.41, 5.74) is 0.520. The lowest BCUT2D eigenvalue weighted by Gasteiger charge is -2.27. The van der Waals surface area contributed by atoms with Crippen LogP contribution in [0.4, 0.5) is 0 Å². The third kappa shape index (κ3) is 2.60. The number of carbonyl (C=O) groups is 1. The van der Waals surface area contributed by atoms with Crippen LogP contribution in [0.1, 0.15) is 23.7 Å². The minimum absolute atomic E-state index is 0.00111. The Morgan fingerprint density at radius 1 is 1.61 bits per heavy atom. The summed E-state index contributed by atoms with van der Waals surface area (Å²) in [6.45, 7) is 4.43. The number of carbonyl (C=O) groups excluding carboxylic acids is 1. The number of halogens is 1. The molecule has 18 heavy (non-hydrogen) atoms.